The van der Waals surface area contributed by atoms with E-state index in [-0.39, 0.29) is 5.41 Å². The average Bonchev–Trinajstić information content (AvgIpc) is 2.46. The summed E-state index contributed by atoms with van der Waals surface area (Å²) in [5.41, 5.74) is 1.92. The van der Waals surface area contributed by atoms with Crippen LogP contribution in [0.3, 0.4) is 0 Å². The molecule has 2 nitrogen and oxygen atoms in total. The Kier molecular flexibility index (Phi) is 5.09. The Morgan fingerprint density at radius 1 is 1.05 bits per heavy atom. The molecule has 2 aromatic rings. The number of benzene rings is 2. The fourth-order valence-corrected chi connectivity index (χ4v) is 2.83. The van der Waals surface area contributed by atoms with Gasteiger partial charge in [-0.25, -0.2) is 0 Å². The molecule has 110 valence electrons. The third-order valence-electron chi connectivity index (χ3n) is 3.28. The Bertz CT molecular complexity index is 620. The van der Waals surface area contributed by atoms with Crippen molar-refractivity contribution in [2.45, 2.75) is 31.1 Å². The minimum Gasteiger partial charge on any atom is -0.586 e. The zero-order chi connectivity index (χ0) is 15.5. The van der Waals surface area contributed by atoms with Crippen LogP contribution in [0.2, 0.25) is 5.02 Å². The van der Waals surface area contributed by atoms with Crippen LogP contribution in [0.5, 0.6) is 0 Å². The second-order valence-corrected chi connectivity index (χ2v) is 7.14. The molecule has 0 saturated carbocycles. The Morgan fingerprint density at radius 2 is 1.62 bits per heavy atom. The van der Waals surface area contributed by atoms with E-state index in [2.05, 4.69) is 4.40 Å². The highest BCUT2D eigenvalue weighted by molar-refractivity contribution is 7.90. The monoisotopic (exact) mass is 319 g/mol. The molecule has 0 unspecified atom stereocenters. The van der Waals surface area contributed by atoms with Gasteiger partial charge in [0.25, 0.3) is 0 Å². The first-order valence-corrected chi connectivity index (χ1v) is 8.17. The summed E-state index contributed by atoms with van der Waals surface area (Å²) in [5, 5.41) is 0.703. The van der Waals surface area contributed by atoms with Crippen LogP contribution in [0, 0.1) is 6.92 Å². The lowest BCUT2D eigenvalue weighted by atomic mass is 9.86. The maximum atomic E-state index is 12.2. The molecule has 0 aliphatic rings. The van der Waals surface area contributed by atoms with Crippen molar-refractivity contribution in [1.82, 2.24) is 0 Å². The lowest BCUT2D eigenvalue weighted by Crippen LogP contribution is -2.19. The lowest BCUT2D eigenvalue weighted by Gasteiger charge is -2.19. The number of rotatable bonds is 4. The predicted molar refractivity (Wildman–Crippen MR) is 90.6 cm³/mol. The minimum atomic E-state index is -1.37. The fraction of sp³-hybridized carbons (Fsp3) is 0.235. The van der Waals surface area contributed by atoms with E-state index in [4.69, 9.17) is 11.6 Å². The van der Waals surface area contributed by atoms with Gasteiger partial charge < -0.3 is 4.55 Å². The van der Waals surface area contributed by atoms with Crippen molar-refractivity contribution in [3.05, 3.63) is 64.7 Å². The first-order chi connectivity index (χ1) is 9.88. The van der Waals surface area contributed by atoms with Crippen LogP contribution in [0.15, 0.2) is 57.8 Å². The molecule has 1 atom stereocenters. The van der Waals surface area contributed by atoms with Gasteiger partial charge >= 0.3 is 0 Å². The van der Waals surface area contributed by atoms with E-state index in [0.29, 0.717) is 9.92 Å². The van der Waals surface area contributed by atoms with Gasteiger partial charge in [-0.3, -0.25) is 0 Å². The smallest absolute Gasteiger partial charge is 0.182 e. The highest BCUT2D eigenvalue weighted by Crippen LogP contribution is 2.24. The predicted octanol–water partition coefficient (Wildman–Crippen LogP) is 4.72. The van der Waals surface area contributed by atoms with Crippen LogP contribution >= 0.6 is 11.6 Å². The van der Waals surface area contributed by atoms with Crippen molar-refractivity contribution in [2.75, 3.05) is 0 Å². The van der Waals surface area contributed by atoms with Gasteiger partial charge in [0, 0.05) is 10.4 Å². The highest BCUT2D eigenvalue weighted by atomic mass is 35.5. The molecule has 0 fully saturated rings. The van der Waals surface area contributed by atoms with E-state index in [1.54, 1.807) is 6.21 Å². The van der Waals surface area contributed by atoms with Gasteiger partial charge in [0.1, 0.15) is 11.4 Å². The molecule has 2 aromatic carbocycles. The van der Waals surface area contributed by atoms with E-state index in [0.717, 1.165) is 11.1 Å². The topological polar surface area (TPSA) is 35.4 Å². The van der Waals surface area contributed by atoms with E-state index in [9.17, 15) is 4.55 Å². The van der Waals surface area contributed by atoms with Gasteiger partial charge in [0.2, 0.25) is 0 Å². The largest absolute Gasteiger partial charge is 0.586 e. The summed E-state index contributed by atoms with van der Waals surface area (Å²) in [4.78, 5) is 0.712. The minimum absolute atomic E-state index is 0.301. The second kappa shape index (κ2) is 6.65. The van der Waals surface area contributed by atoms with Crippen molar-refractivity contribution >= 4 is 29.2 Å². The molecule has 0 heterocycles. The SMILES string of the molecule is Cc1ccc([S@@+]([O-])N=CC(C)(C)c2ccc(Cl)cc2)cc1. The van der Waals surface area contributed by atoms with Crippen LogP contribution in [-0.4, -0.2) is 10.8 Å². The van der Waals surface area contributed by atoms with Gasteiger partial charge in [-0.15, -0.1) is 0 Å². The first kappa shape index (κ1) is 16.1. The fourth-order valence-electron chi connectivity index (χ4n) is 1.85. The molecular formula is C17H18ClNOS. The standard InChI is InChI=1S/C17H18ClNOS/c1-13-4-10-16(11-5-13)21(20)19-12-17(2,3)14-6-8-15(18)9-7-14/h4-12H,1-3H3/t21-/m1/s1. The van der Waals surface area contributed by atoms with E-state index in [1.165, 1.54) is 0 Å². The Labute approximate surface area is 134 Å². The van der Waals surface area contributed by atoms with Gasteiger partial charge in [-0.2, -0.15) is 0 Å². The molecule has 0 spiro atoms. The van der Waals surface area contributed by atoms with Gasteiger partial charge in [0.05, 0.1) is 6.21 Å². The third-order valence-corrected chi connectivity index (χ3v) is 4.51. The van der Waals surface area contributed by atoms with Gasteiger partial charge in [-0.05, 0) is 36.8 Å². The number of hydrogen-bond acceptors (Lipinski definition) is 2. The summed E-state index contributed by atoms with van der Waals surface area (Å²) >= 11 is 4.53. The van der Waals surface area contributed by atoms with E-state index < -0.39 is 11.4 Å². The van der Waals surface area contributed by atoms with Crippen molar-refractivity contribution in [2.24, 2.45) is 4.40 Å². The summed E-state index contributed by atoms with van der Waals surface area (Å²) in [6.07, 6.45) is 1.74. The molecule has 0 bridgehead atoms. The summed E-state index contributed by atoms with van der Waals surface area (Å²) < 4.78 is 16.4. The van der Waals surface area contributed by atoms with E-state index >= 15 is 0 Å². The maximum absolute atomic E-state index is 12.2. The molecule has 0 amide bonds. The van der Waals surface area contributed by atoms with Crippen LogP contribution in [0.1, 0.15) is 25.0 Å². The molecule has 2 rings (SSSR count). The second-order valence-electron chi connectivity index (χ2n) is 5.53. The molecule has 0 aliphatic heterocycles. The van der Waals surface area contributed by atoms with Gasteiger partial charge in [-0.1, -0.05) is 59.7 Å². The number of aryl methyl sites for hydroxylation is 1. The quantitative estimate of drug-likeness (QED) is 0.593. The van der Waals surface area contributed by atoms with Crippen molar-refractivity contribution in [3.8, 4) is 0 Å². The highest BCUT2D eigenvalue weighted by Gasteiger charge is 2.20. The summed E-state index contributed by atoms with van der Waals surface area (Å²) in [6.45, 7) is 6.07. The Morgan fingerprint density at radius 3 is 2.19 bits per heavy atom. The molecule has 21 heavy (non-hydrogen) atoms. The number of hydrogen-bond donors (Lipinski definition) is 0. The first-order valence-electron chi connectivity index (χ1n) is 6.68. The van der Waals surface area contributed by atoms with Crippen LogP contribution in [-0.2, 0) is 16.8 Å². The van der Waals surface area contributed by atoms with Crippen LogP contribution in [0.25, 0.3) is 0 Å². The van der Waals surface area contributed by atoms with Crippen molar-refractivity contribution < 1.29 is 4.55 Å². The molecule has 0 saturated heterocycles. The Hall–Kier alpha value is -1.29. The van der Waals surface area contributed by atoms with Gasteiger partial charge in [0.15, 0.2) is 4.90 Å². The van der Waals surface area contributed by atoms with E-state index in [1.807, 2.05) is 69.3 Å². The third kappa shape index (κ3) is 4.34. The average molecular weight is 320 g/mol. The normalized spacial score (nSPS) is 13.6. The zero-order valence-electron chi connectivity index (χ0n) is 12.3. The number of nitrogens with zero attached hydrogens (tertiary/aromatic N) is 1. The maximum Gasteiger partial charge on any atom is 0.182 e. The summed E-state index contributed by atoms with van der Waals surface area (Å²) in [7, 11) is 0. The lowest BCUT2D eigenvalue weighted by molar-refractivity contribution is 0.596. The molecule has 0 aliphatic carbocycles. The molecule has 0 N–H and O–H groups in total. The summed E-state index contributed by atoms with van der Waals surface area (Å²) in [6, 6.07) is 15.2. The zero-order valence-corrected chi connectivity index (χ0v) is 13.9. The van der Waals surface area contributed by atoms with Crippen LogP contribution < -0.4 is 0 Å². The summed E-state index contributed by atoms with van der Waals surface area (Å²) in [5.74, 6) is 0. The molecular weight excluding hydrogens is 302 g/mol. The number of halogens is 1. The van der Waals surface area contributed by atoms with Crippen LogP contribution in [0.4, 0.5) is 0 Å². The molecule has 0 aromatic heterocycles. The molecule has 0 radical (unpaired) electrons. The van der Waals surface area contributed by atoms with Crippen molar-refractivity contribution in [1.29, 1.82) is 0 Å². The van der Waals surface area contributed by atoms with Crippen molar-refractivity contribution in [3.63, 3.8) is 0 Å². The molecule has 4 heteroatoms. The Balaban J connectivity index is 2.15.